The smallest absolute Gasteiger partial charge is 0.271 e. The van der Waals surface area contributed by atoms with E-state index in [1.54, 1.807) is 24.3 Å². The first kappa shape index (κ1) is 22.0. The maximum absolute atomic E-state index is 12.5. The van der Waals surface area contributed by atoms with E-state index in [-0.39, 0.29) is 17.2 Å². The molecule has 0 heterocycles. The molecular formula is C26H27N3O2. The highest BCUT2D eigenvalue weighted by molar-refractivity contribution is 6.05. The molecule has 0 bridgehead atoms. The van der Waals surface area contributed by atoms with Crippen molar-refractivity contribution < 1.29 is 9.59 Å². The molecule has 0 atom stereocenters. The highest BCUT2D eigenvalue weighted by atomic mass is 16.2. The maximum Gasteiger partial charge on any atom is 0.271 e. The van der Waals surface area contributed by atoms with Gasteiger partial charge >= 0.3 is 0 Å². The number of rotatable bonds is 5. The van der Waals surface area contributed by atoms with E-state index in [9.17, 15) is 9.59 Å². The lowest BCUT2D eigenvalue weighted by molar-refractivity contribution is 0.0954. The van der Waals surface area contributed by atoms with Crippen LogP contribution >= 0.6 is 0 Å². The van der Waals surface area contributed by atoms with Crippen molar-refractivity contribution in [1.29, 1.82) is 0 Å². The van der Waals surface area contributed by atoms with Crippen molar-refractivity contribution in [2.75, 3.05) is 5.32 Å². The summed E-state index contributed by atoms with van der Waals surface area (Å²) in [7, 11) is 0. The van der Waals surface area contributed by atoms with Crippen LogP contribution in [-0.2, 0) is 5.41 Å². The largest absolute Gasteiger partial charge is 0.322 e. The average Bonchev–Trinajstić information content (AvgIpc) is 2.77. The van der Waals surface area contributed by atoms with Crippen molar-refractivity contribution in [2.45, 2.75) is 33.1 Å². The highest BCUT2D eigenvalue weighted by Crippen LogP contribution is 2.22. The summed E-state index contributed by atoms with van der Waals surface area (Å²) in [5, 5.41) is 7.01. The molecule has 0 spiro atoms. The van der Waals surface area contributed by atoms with E-state index >= 15 is 0 Å². The minimum absolute atomic E-state index is 0.0368. The van der Waals surface area contributed by atoms with E-state index in [4.69, 9.17) is 0 Å². The third-order valence-electron chi connectivity index (χ3n) is 4.93. The fourth-order valence-corrected chi connectivity index (χ4v) is 2.97. The normalized spacial score (nSPS) is 11.7. The van der Waals surface area contributed by atoms with Crippen LogP contribution in [0.3, 0.4) is 0 Å². The number of nitrogens with zero attached hydrogens (tertiary/aromatic N) is 1. The molecule has 31 heavy (non-hydrogen) atoms. The van der Waals surface area contributed by atoms with Gasteiger partial charge in [0, 0.05) is 16.8 Å². The molecule has 0 fully saturated rings. The number of hydrogen-bond acceptors (Lipinski definition) is 3. The Labute approximate surface area is 183 Å². The first-order valence-electron chi connectivity index (χ1n) is 10.2. The zero-order valence-corrected chi connectivity index (χ0v) is 18.3. The van der Waals surface area contributed by atoms with E-state index in [2.05, 4.69) is 36.6 Å². The predicted octanol–water partition coefficient (Wildman–Crippen LogP) is 5.39. The summed E-state index contributed by atoms with van der Waals surface area (Å²) in [6.45, 7) is 8.23. The topological polar surface area (TPSA) is 70.6 Å². The number of hydrazone groups is 1. The predicted molar refractivity (Wildman–Crippen MR) is 126 cm³/mol. The monoisotopic (exact) mass is 413 g/mol. The molecule has 0 saturated heterocycles. The van der Waals surface area contributed by atoms with Crippen molar-refractivity contribution in [3.8, 4) is 0 Å². The Kier molecular flexibility index (Phi) is 6.65. The molecule has 0 radical (unpaired) electrons. The van der Waals surface area contributed by atoms with Gasteiger partial charge in [-0.15, -0.1) is 0 Å². The summed E-state index contributed by atoms with van der Waals surface area (Å²) < 4.78 is 0. The van der Waals surface area contributed by atoms with Crippen molar-refractivity contribution in [3.05, 3.63) is 101 Å². The van der Waals surface area contributed by atoms with Gasteiger partial charge in [0.1, 0.15) is 0 Å². The minimum atomic E-state index is -0.314. The summed E-state index contributed by atoms with van der Waals surface area (Å²) in [5.41, 5.74) is 7.08. The summed E-state index contributed by atoms with van der Waals surface area (Å²) in [6.07, 6.45) is 0. The number of carbonyl (C=O) groups is 2. The Hall–Kier alpha value is -3.73. The Morgan fingerprint density at radius 2 is 1.26 bits per heavy atom. The molecule has 0 saturated carbocycles. The first-order chi connectivity index (χ1) is 14.7. The Balaban J connectivity index is 1.60. The molecule has 158 valence electrons. The van der Waals surface area contributed by atoms with Crippen molar-refractivity contribution in [1.82, 2.24) is 5.43 Å². The van der Waals surface area contributed by atoms with Gasteiger partial charge in [0.05, 0.1) is 5.71 Å². The molecular weight excluding hydrogens is 386 g/mol. The van der Waals surface area contributed by atoms with Crippen LogP contribution in [0.25, 0.3) is 0 Å². The van der Waals surface area contributed by atoms with Gasteiger partial charge in [0.25, 0.3) is 11.8 Å². The third-order valence-corrected chi connectivity index (χ3v) is 4.93. The van der Waals surface area contributed by atoms with Crippen molar-refractivity contribution in [2.24, 2.45) is 5.10 Å². The standard InChI is InChI=1S/C26H27N3O2/c1-18(19-8-6-5-7-9-19)28-29-25(31)21-12-16-23(17-13-21)27-24(30)20-10-14-22(15-11-20)26(2,3)4/h5-17H,1-4H3,(H,27,30)(H,29,31)/b28-18+. The fraction of sp³-hybridized carbons (Fsp3) is 0.192. The number of nitrogens with one attached hydrogen (secondary N) is 2. The van der Waals surface area contributed by atoms with Crippen LogP contribution in [0.4, 0.5) is 5.69 Å². The zero-order valence-electron chi connectivity index (χ0n) is 18.3. The number of anilines is 1. The minimum Gasteiger partial charge on any atom is -0.322 e. The lowest BCUT2D eigenvalue weighted by Crippen LogP contribution is -2.19. The maximum atomic E-state index is 12.5. The first-order valence-corrected chi connectivity index (χ1v) is 10.2. The molecule has 0 unspecified atom stereocenters. The van der Waals surface area contributed by atoms with Gasteiger partial charge in [-0.2, -0.15) is 5.10 Å². The van der Waals surface area contributed by atoms with Crippen LogP contribution in [0, 0.1) is 0 Å². The average molecular weight is 414 g/mol. The van der Waals surface area contributed by atoms with Crippen LogP contribution in [0.5, 0.6) is 0 Å². The second-order valence-electron chi connectivity index (χ2n) is 8.36. The van der Waals surface area contributed by atoms with Gasteiger partial charge < -0.3 is 5.32 Å². The molecule has 3 aromatic rings. The lowest BCUT2D eigenvalue weighted by atomic mass is 9.87. The lowest BCUT2D eigenvalue weighted by Gasteiger charge is -2.19. The van der Waals surface area contributed by atoms with Crippen molar-refractivity contribution >= 4 is 23.2 Å². The van der Waals surface area contributed by atoms with E-state index in [1.807, 2.05) is 61.5 Å². The molecule has 0 aliphatic rings. The second-order valence-corrected chi connectivity index (χ2v) is 8.36. The van der Waals surface area contributed by atoms with Gasteiger partial charge in [-0.3, -0.25) is 9.59 Å². The summed E-state index contributed by atoms with van der Waals surface area (Å²) >= 11 is 0. The van der Waals surface area contributed by atoms with Crippen molar-refractivity contribution in [3.63, 3.8) is 0 Å². The number of carbonyl (C=O) groups excluding carboxylic acids is 2. The van der Waals surface area contributed by atoms with E-state index in [0.717, 1.165) is 11.3 Å². The van der Waals surface area contributed by atoms with Crippen LogP contribution < -0.4 is 10.7 Å². The fourth-order valence-electron chi connectivity index (χ4n) is 2.97. The van der Waals surface area contributed by atoms with Gasteiger partial charge in [-0.1, -0.05) is 63.2 Å². The van der Waals surface area contributed by atoms with Crippen LogP contribution in [0.1, 0.15) is 59.5 Å². The van der Waals surface area contributed by atoms with E-state index in [1.165, 1.54) is 5.56 Å². The summed E-state index contributed by atoms with van der Waals surface area (Å²) in [4.78, 5) is 24.8. The van der Waals surface area contributed by atoms with E-state index in [0.29, 0.717) is 16.8 Å². The number of benzene rings is 3. The van der Waals surface area contributed by atoms with Gasteiger partial charge in [0.2, 0.25) is 0 Å². The highest BCUT2D eigenvalue weighted by Gasteiger charge is 2.14. The molecule has 3 rings (SSSR count). The van der Waals surface area contributed by atoms with E-state index < -0.39 is 0 Å². The SMILES string of the molecule is C/C(=N\NC(=O)c1ccc(NC(=O)c2ccc(C(C)(C)C)cc2)cc1)c1ccccc1. The Morgan fingerprint density at radius 1 is 0.710 bits per heavy atom. The van der Waals surface area contributed by atoms with Crippen LogP contribution in [-0.4, -0.2) is 17.5 Å². The Morgan fingerprint density at radius 3 is 1.84 bits per heavy atom. The zero-order chi connectivity index (χ0) is 22.4. The van der Waals surface area contributed by atoms with Gasteiger partial charge in [-0.25, -0.2) is 5.43 Å². The van der Waals surface area contributed by atoms with Gasteiger partial charge in [-0.05, 0) is 59.9 Å². The quantitative estimate of drug-likeness (QED) is 0.435. The molecule has 5 heteroatoms. The second kappa shape index (κ2) is 9.39. The molecule has 5 nitrogen and oxygen atoms in total. The number of hydrogen-bond donors (Lipinski definition) is 2. The summed E-state index contributed by atoms with van der Waals surface area (Å²) in [6, 6.07) is 23.9. The van der Waals surface area contributed by atoms with Gasteiger partial charge in [0.15, 0.2) is 0 Å². The Bertz CT molecular complexity index is 1080. The summed E-state index contributed by atoms with van der Waals surface area (Å²) in [5.74, 6) is -0.508. The third kappa shape index (κ3) is 5.89. The number of amides is 2. The molecule has 2 amide bonds. The molecule has 0 aliphatic heterocycles. The molecule has 2 N–H and O–H groups in total. The molecule has 3 aromatic carbocycles. The van der Waals surface area contributed by atoms with Crippen LogP contribution in [0.2, 0.25) is 0 Å². The molecule has 0 aromatic heterocycles. The molecule has 0 aliphatic carbocycles. The van der Waals surface area contributed by atoms with Crippen LogP contribution in [0.15, 0.2) is 84.0 Å².